The lowest BCUT2D eigenvalue weighted by Gasteiger charge is -2.02. The van der Waals surface area contributed by atoms with Gasteiger partial charge in [-0.3, -0.25) is 0 Å². The number of hydrogen-bond acceptors (Lipinski definition) is 3. The highest BCUT2D eigenvalue weighted by Crippen LogP contribution is 2.29. The monoisotopic (exact) mass is 241 g/mol. The lowest BCUT2D eigenvalue weighted by Crippen LogP contribution is -1.79. The molecule has 3 rings (SSSR count). The van der Waals surface area contributed by atoms with Gasteiger partial charge in [0.15, 0.2) is 0 Å². The van der Waals surface area contributed by atoms with Gasteiger partial charge in [0.25, 0.3) is 0 Å². The van der Waals surface area contributed by atoms with E-state index in [0.29, 0.717) is 0 Å². The van der Waals surface area contributed by atoms with Crippen molar-refractivity contribution < 1.29 is 5.11 Å². The van der Waals surface area contributed by atoms with Crippen LogP contribution in [0.5, 0.6) is 5.88 Å². The number of aryl methyl sites for hydroxylation is 1. The molecule has 0 fully saturated rings. The van der Waals surface area contributed by atoms with Crippen molar-refractivity contribution in [3.05, 3.63) is 47.3 Å². The number of aromatic hydroxyl groups is 1. The highest BCUT2D eigenvalue weighted by Gasteiger charge is 2.04. The van der Waals surface area contributed by atoms with Crippen LogP contribution < -0.4 is 0 Å². The molecule has 17 heavy (non-hydrogen) atoms. The lowest BCUT2D eigenvalue weighted by atomic mass is 10.1. The molecule has 0 saturated carbocycles. The Hall–Kier alpha value is -1.87. The third-order valence-corrected chi connectivity index (χ3v) is 3.61. The summed E-state index contributed by atoms with van der Waals surface area (Å²) in [6.07, 6.45) is 0. The van der Waals surface area contributed by atoms with Gasteiger partial charge in [-0.15, -0.1) is 11.3 Å². The number of rotatable bonds is 1. The van der Waals surface area contributed by atoms with Gasteiger partial charge in [0, 0.05) is 5.56 Å². The zero-order chi connectivity index (χ0) is 11.8. The quantitative estimate of drug-likeness (QED) is 0.699. The highest BCUT2D eigenvalue weighted by atomic mass is 32.1. The number of hydrogen-bond donors (Lipinski definition) is 1. The number of fused-ring (bicyclic) bond motifs is 1. The minimum absolute atomic E-state index is 0.0917. The molecule has 1 heterocycles. The summed E-state index contributed by atoms with van der Waals surface area (Å²) in [5.41, 5.74) is 2.31. The average Bonchev–Trinajstić information content (AvgIpc) is 2.75. The second kappa shape index (κ2) is 3.86. The van der Waals surface area contributed by atoms with E-state index in [1.165, 1.54) is 27.7 Å². The molecule has 0 aliphatic heterocycles. The molecule has 1 aromatic heterocycles. The maximum Gasteiger partial charge on any atom is 0.222 e. The highest BCUT2D eigenvalue weighted by molar-refractivity contribution is 7.13. The Bertz CT molecular complexity index is 688. The van der Waals surface area contributed by atoms with E-state index in [9.17, 15) is 5.11 Å². The summed E-state index contributed by atoms with van der Waals surface area (Å²) in [6, 6.07) is 12.6. The van der Waals surface area contributed by atoms with Crippen molar-refractivity contribution in [2.24, 2.45) is 0 Å². The van der Waals surface area contributed by atoms with Crippen molar-refractivity contribution in [3.63, 3.8) is 0 Å². The van der Waals surface area contributed by atoms with Gasteiger partial charge in [0.1, 0.15) is 5.01 Å². The third-order valence-electron chi connectivity index (χ3n) is 2.73. The first-order chi connectivity index (χ1) is 8.22. The van der Waals surface area contributed by atoms with E-state index in [4.69, 9.17) is 0 Å². The molecule has 0 atom stereocenters. The summed E-state index contributed by atoms with van der Waals surface area (Å²) >= 11 is 1.45. The van der Waals surface area contributed by atoms with Crippen molar-refractivity contribution in [2.45, 2.75) is 6.92 Å². The number of aromatic nitrogens is 1. The van der Waals surface area contributed by atoms with Gasteiger partial charge in [0.05, 0.1) is 5.38 Å². The van der Waals surface area contributed by atoms with Crippen LogP contribution in [0.2, 0.25) is 0 Å². The molecule has 0 saturated heterocycles. The van der Waals surface area contributed by atoms with Crippen LogP contribution in [-0.2, 0) is 0 Å². The van der Waals surface area contributed by atoms with Crippen molar-refractivity contribution in [3.8, 4) is 16.5 Å². The summed E-state index contributed by atoms with van der Waals surface area (Å²) in [4.78, 5) is 4.08. The van der Waals surface area contributed by atoms with Crippen LogP contribution in [0.25, 0.3) is 21.3 Å². The first-order valence-electron chi connectivity index (χ1n) is 5.38. The molecule has 2 nitrogen and oxygen atoms in total. The summed E-state index contributed by atoms with van der Waals surface area (Å²) in [5.74, 6) is 0.0917. The van der Waals surface area contributed by atoms with Gasteiger partial charge in [-0.2, -0.15) is 0 Å². The minimum atomic E-state index is 0.0917. The van der Waals surface area contributed by atoms with Crippen LogP contribution in [0.4, 0.5) is 0 Å². The van der Waals surface area contributed by atoms with E-state index < -0.39 is 0 Å². The maximum absolute atomic E-state index is 9.26. The van der Waals surface area contributed by atoms with E-state index in [-0.39, 0.29) is 5.88 Å². The molecule has 84 valence electrons. The van der Waals surface area contributed by atoms with Crippen LogP contribution in [-0.4, -0.2) is 10.1 Å². The second-order valence-corrected chi connectivity index (χ2v) is 4.93. The van der Waals surface area contributed by atoms with E-state index >= 15 is 0 Å². The molecule has 3 aromatic rings. The Balaban J connectivity index is 2.16. The van der Waals surface area contributed by atoms with E-state index in [1.54, 1.807) is 5.38 Å². The molecule has 0 aliphatic carbocycles. The van der Waals surface area contributed by atoms with Gasteiger partial charge >= 0.3 is 0 Å². The number of nitrogens with zero attached hydrogens (tertiary/aromatic N) is 1. The predicted octanol–water partition coefficient (Wildman–Crippen LogP) is 3.98. The fraction of sp³-hybridized carbons (Fsp3) is 0.0714. The summed E-state index contributed by atoms with van der Waals surface area (Å²) < 4.78 is 0. The first kappa shape index (κ1) is 10.3. The minimum Gasteiger partial charge on any atom is -0.493 e. The Labute approximate surface area is 103 Å². The van der Waals surface area contributed by atoms with Crippen molar-refractivity contribution in [1.82, 2.24) is 4.98 Å². The first-order valence-corrected chi connectivity index (χ1v) is 6.26. The molecule has 0 amide bonds. The molecule has 0 spiro atoms. The van der Waals surface area contributed by atoms with Crippen LogP contribution in [0.15, 0.2) is 41.8 Å². The Morgan fingerprint density at radius 3 is 2.59 bits per heavy atom. The molecule has 0 aliphatic rings. The van der Waals surface area contributed by atoms with Gasteiger partial charge in [-0.25, -0.2) is 4.98 Å². The average molecular weight is 241 g/mol. The Morgan fingerprint density at radius 2 is 1.82 bits per heavy atom. The zero-order valence-electron chi connectivity index (χ0n) is 9.34. The molecule has 3 heteroatoms. The molecule has 0 unspecified atom stereocenters. The van der Waals surface area contributed by atoms with Gasteiger partial charge < -0.3 is 5.11 Å². The van der Waals surface area contributed by atoms with Gasteiger partial charge in [-0.1, -0.05) is 35.9 Å². The van der Waals surface area contributed by atoms with E-state index in [2.05, 4.69) is 42.2 Å². The second-order valence-electron chi connectivity index (χ2n) is 4.08. The molecule has 1 N–H and O–H groups in total. The van der Waals surface area contributed by atoms with Gasteiger partial charge in [0.2, 0.25) is 5.88 Å². The smallest absolute Gasteiger partial charge is 0.222 e. The van der Waals surface area contributed by atoms with Crippen LogP contribution in [0, 0.1) is 6.92 Å². The number of thiazole rings is 1. The predicted molar refractivity (Wildman–Crippen MR) is 71.5 cm³/mol. The summed E-state index contributed by atoms with van der Waals surface area (Å²) in [6.45, 7) is 2.09. The zero-order valence-corrected chi connectivity index (χ0v) is 10.2. The molecular formula is C14H11NOS. The Kier molecular flexibility index (Phi) is 2.34. The number of benzene rings is 2. The van der Waals surface area contributed by atoms with Gasteiger partial charge in [-0.05, 0) is 23.8 Å². The van der Waals surface area contributed by atoms with Crippen LogP contribution in [0.1, 0.15) is 5.56 Å². The molecule has 2 aromatic carbocycles. The fourth-order valence-electron chi connectivity index (χ4n) is 1.90. The largest absolute Gasteiger partial charge is 0.493 e. The SMILES string of the molecule is Cc1ccc2cc(-c3nc(O)cs3)ccc2c1. The molecule has 0 radical (unpaired) electrons. The Morgan fingerprint density at radius 1 is 1.06 bits per heavy atom. The van der Waals surface area contributed by atoms with Crippen LogP contribution in [0.3, 0.4) is 0 Å². The van der Waals surface area contributed by atoms with Crippen molar-refractivity contribution in [2.75, 3.05) is 0 Å². The van der Waals surface area contributed by atoms with Crippen LogP contribution >= 0.6 is 11.3 Å². The van der Waals surface area contributed by atoms with Crippen molar-refractivity contribution in [1.29, 1.82) is 0 Å². The lowest BCUT2D eigenvalue weighted by molar-refractivity contribution is 0.458. The fourth-order valence-corrected chi connectivity index (χ4v) is 2.58. The normalized spacial score (nSPS) is 10.9. The standard InChI is InChI=1S/C14H11NOS/c1-9-2-3-11-7-12(5-4-10(11)6-9)14-15-13(16)8-17-14/h2-8,16H,1H3. The third kappa shape index (κ3) is 1.89. The van der Waals surface area contributed by atoms with Crippen molar-refractivity contribution >= 4 is 22.1 Å². The van der Waals surface area contributed by atoms with E-state index in [1.807, 2.05) is 6.07 Å². The topological polar surface area (TPSA) is 33.1 Å². The maximum atomic E-state index is 9.26. The van der Waals surface area contributed by atoms with E-state index in [0.717, 1.165) is 10.6 Å². The molecular weight excluding hydrogens is 230 g/mol. The molecule has 0 bridgehead atoms. The summed E-state index contributed by atoms with van der Waals surface area (Å²) in [5, 5.41) is 14.2. The summed E-state index contributed by atoms with van der Waals surface area (Å²) in [7, 11) is 0.